The van der Waals surface area contributed by atoms with Crippen LogP contribution in [0.4, 0.5) is 4.39 Å². The Morgan fingerprint density at radius 1 is 1.42 bits per heavy atom. The molecule has 1 aromatic carbocycles. The van der Waals surface area contributed by atoms with Crippen LogP contribution in [0.15, 0.2) is 23.1 Å². The molecular weight excluding hydrogens is 339 g/mol. The lowest BCUT2D eigenvalue weighted by Crippen LogP contribution is -2.49. The van der Waals surface area contributed by atoms with E-state index in [1.54, 1.807) is 6.92 Å². The number of carboxylic acids is 1. The van der Waals surface area contributed by atoms with Crippen molar-refractivity contribution in [1.82, 2.24) is 9.62 Å². The molecule has 7 nitrogen and oxygen atoms in total. The third-order valence-electron chi connectivity index (χ3n) is 3.87. The van der Waals surface area contributed by atoms with E-state index in [2.05, 4.69) is 5.32 Å². The van der Waals surface area contributed by atoms with Crippen molar-refractivity contribution in [3.8, 4) is 0 Å². The summed E-state index contributed by atoms with van der Waals surface area (Å²) in [6.45, 7) is 1.99. The second-order valence-corrected chi connectivity index (χ2v) is 7.48. The van der Waals surface area contributed by atoms with Crippen LogP contribution in [0.1, 0.15) is 36.5 Å². The summed E-state index contributed by atoms with van der Waals surface area (Å²) in [5.41, 5.74) is -0.321. The lowest BCUT2D eigenvalue weighted by atomic mass is 10.1. The molecule has 0 bridgehead atoms. The van der Waals surface area contributed by atoms with Crippen LogP contribution < -0.4 is 5.32 Å². The van der Waals surface area contributed by atoms with Gasteiger partial charge in [-0.15, -0.1) is 0 Å². The van der Waals surface area contributed by atoms with Crippen molar-refractivity contribution in [3.05, 3.63) is 29.6 Å². The number of carboxylic acid groups (broad SMARTS) is 1. The predicted octanol–water partition coefficient (Wildman–Crippen LogP) is 1.20. The minimum absolute atomic E-state index is 0.0637. The summed E-state index contributed by atoms with van der Waals surface area (Å²) >= 11 is 0. The zero-order valence-corrected chi connectivity index (χ0v) is 14.0. The van der Waals surface area contributed by atoms with Gasteiger partial charge in [0.05, 0.1) is 5.56 Å². The Morgan fingerprint density at radius 2 is 2.12 bits per heavy atom. The van der Waals surface area contributed by atoms with Gasteiger partial charge in [-0.3, -0.25) is 4.79 Å². The van der Waals surface area contributed by atoms with E-state index in [0.717, 1.165) is 16.4 Å². The van der Waals surface area contributed by atoms with Crippen molar-refractivity contribution in [2.24, 2.45) is 0 Å². The van der Waals surface area contributed by atoms with Gasteiger partial charge in [0.2, 0.25) is 15.9 Å². The molecule has 1 fully saturated rings. The Hall–Kier alpha value is -2.00. The summed E-state index contributed by atoms with van der Waals surface area (Å²) in [6, 6.07) is 2.39. The maximum atomic E-state index is 14.1. The lowest BCUT2D eigenvalue weighted by molar-refractivity contribution is -0.121. The van der Waals surface area contributed by atoms with Gasteiger partial charge in [0.1, 0.15) is 10.7 Å². The second kappa shape index (κ2) is 7.27. The molecule has 24 heavy (non-hydrogen) atoms. The maximum absolute atomic E-state index is 14.1. The normalized spacial score (nSPS) is 19.0. The zero-order chi connectivity index (χ0) is 17.9. The number of nitrogens with one attached hydrogen (secondary N) is 1. The number of carbonyl (C=O) groups excluding carboxylic acids is 1. The number of sulfonamides is 1. The van der Waals surface area contributed by atoms with Crippen LogP contribution in [-0.2, 0) is 14.8 Å². The number of nitrogens with zero attached hydrogens (tertiary/aromatic N) is 1. The van der Waals surface area contributed by atoms with Gasteiger partial charge < -0.3 is 10.4 Å². The number of aromatic carboxylic acids is 1. The summed E-state index contributed by atoms with van der Waals surface area (Å²) in [7, 11) is -4.10. The minimum atomic E-state index is -4.10. The van der Waals surface area contributed by atoms with Gasteiger partial charge >= 0.3 is 5.97 Å². The Balaban J connectivity index is 2.23. The number of benzene rings is 1. The number of hydrogen-bond acceptors (Lipinski definition) is 4. The summed E-state index contributed by atoms with van der Waals surface area (Å²) < 4.78 is 40.4. The fourth-order valence-electron chi connectivity index (χ4n) is 2.59. The third kappa shape index (κ3) is 3.90. The van der Waals surface area contributed by atoms with Crippen LogP contribution in [-0.4, -0.2) is 48.8 Å². The van der Waals surface area contributed by atoms with Gasteiger partial charge in [-0.25, -0.2) is 17.6 Å². The molecule has 0 radical (unpaired) electrons. The number of hydrogen-bond donors (Lipinski definition) is 2. The summed E-state index contributed by atoms with van der Waals surface area (Å²) in [5.74, 6) is -2.61. The Bertz CT molecular complexity index is 750. The molecule has 1 unspecified atom stereocenters. The Kier molecular flexibility index (Phi) is 5.55. The van der Waals surface area contributed by atoms with Crippen LogP contribution >= 0.6 is 0 Å². The standard InChI is InChI=1S/C15H19FN2O5S/c1-2-14(19)17-11-4-3-7-18(9-11)24(22,23)13-6-5-10(15(20)21)8-12(13)16/h5-6,8,11H,2-4,7,9H2,1H3,(H,17,19)(H,20,21). The van der Waals surface area contributed by atoms with Gasteiger partial charge in [0.15, 0.2) is 0 Å². The first-order chi connectivity index (χ1) is 11.3. The van der Waals surface area contributed by atoms with Crippen LogP contribution in [0.25, 0.3) is 0 Å². The van der Waals surface area contributed by atoms with Crippen molar-refractivity contribution < 1.29 is 27.5 Å². The summed E-state index contributed by atoms with van der Waals surface area (Å²) in [6.07, 6.45) is 1.50. The molecule has 2 rings (SSSR count). The van der Waals surface area contributed by atoms with Crippen LogP contribution in [0.2, 0.25) is 0 Å². The minimum Gasteiger partial charge on any atom is -0.478 e. The topological polar surface area (TPSA) is 104 Å². The summed E-state index contributed by atoms with van der Waals surface area (Å²) in [5, 5.41) is 11.6. The van der Waals surface area contributed by atoms with E-state index in [4.69, 9.17) is 5.11 Å². The molecule has 2 N–H and O–H groups in total. The highest BCUT2D eigenvalue weighted by Gasteiger charge is 2.32. The summed E-state index contributed by atoms with van der Waals surface area (Å²) in [4.78, 5) is 21.7. The van der Waals surface area contributed by atoms with Crippen LogP contribution in [0.5, 0.6) is 0 Å². The molecule has 1 atom stereocenters. The third-order valence-corrected chi connectivity index (χ3v) is 5.77. The Labute approximate surface area is 139 Å². The van der Waals surface area contributed by atoms with Crippen LogP contribution in [0.3, 0.4) is 0 Å². The molecular formula is C15H19FN2O5S. The molecule has 0 aromatic heterocycles. The highest BCUT2D eigenvalue weighted by molar-refractivity contribution is 7.89. The number of halogens is 1. The SMILES string of the molecule is CCC(=O)NC1CCCN(S(=O)(=O)c2ccc(C(=O)O)cc2F)C1. The first kappa shape index (κ1) is 18.3. The lowest BCUT2D eigenvalue weighted by Gasteiger charge is -2.32. The van der Waals surface area contributed by atoms with Crippen molar-refractivity contribution in [1.29, 1.82) is 0 Å². The fourth-order valence-corrected chi connectivity index (χ4v) is 4.16. The number of rotatable bonds is 5. The van der Waals surface area contributed by atoms with E-state index in [1.165, 1.54) is 0 Å². The highest BCUT2D eigenvalue weighted by atomic mass is 32.2. The first-order valence-corrected chi connectivity index (χ1v) is 9.02. The predicted molar refractivity (Wildman–Crippen MR) is 83.6 cm³/mol. The van der Waals surface area contributed by atoms with Crippen molar-refractivity contribution in [2.45, 2.75) is 37.1 Å². The van der Waals surface area contributed by atoms with E-state index < -0.39 is 26.7 Å². The largest absolute Gasteiger partial charge is 0.478 e. The van der Waals surface area contributed by atoms with Gasteiger partial charge in [0, 0.05) is 25.6 Å². The van der Waals surface area contributed by atoms with E-state index in [1.807, 2.05) is 0 Å². The van der Waals surface area contributed by atoms with Gasteiger partial charge in [-0.1, -0.05) is 6.92 Å². The van der Waals surface area contributed by atoms with Gasteiger partial charge in [0.25, 0.3) is 0 Å². The molecule has 1 aliphatic rings. The quantitative estimate of drug-likeness (QED) is 0.823. The average Bonchev–Trinajstić information content (AvgIpc) is 2.54. The fraction of sp³-hybridized carbons (Fsp3) is 0.467. The molecule has 0 saturated carbocycles. The monoisotopic (exact) mass is 358 g/mol. The molecule has 1 aromatic rings. The first-order valence-electron chi connectivity index (χ1n) is 7.58. The second-order valence-electron chi connectivity index (χ2n) is 5.57. The smallest absolute Gasteiger partial charge is 0.335 e. The van der Waals surface area contributed by atoms with Gasteiger partial charge in [-0.05, 0) is 31.0 Å². The molecule has 1 heterocycles. The van der Waals surface area contributed by atoms with E-state index >= 15 is 0 Å². The molecule has 1 saturated heterocycles. The molecule has 1 aliphatic heterocycles. The molecule has 132 valence electrons. The number of piperidine rings is 1. The zero-order valence-electron chi connectivity index (χ0n) is 13.2. The molecule has 9 heteroatoms. The van der Waals surface area contributed by atoms with E-state index in [9.17, 15) is 22.4 Å². The highest BCUT2D eigenvalue weighted by Crippen LogP contribution is 2.24. The van der Waals surface area contributed by atoms with Crippen LogP contribution in [0, 0.1) is 5.82 Å². The average molecular weight is 358 g/mol. The Morgan fingerprint density at radius 3 is 2.71 bits per heavy atom. The number of amides is 1. The van der Waals surface area contributed by atoms with Crippen molar-refractivity contribution in [2.75, 3.05) is 13.1 Å². The molecule has 0 aliphatic carbocycles. The van der Waals surface area contributed by atoms with Gasteiger partial charge in [-0.2, -0.15) is 4.31 Å². The van der Waals surface area contributed by atoms with Crippen molar-refractivity contribution in [3.63, 3.8) is 0 Å². The molecule has 1 amide bonds. The number of carbonyl (C=O) groups is 2. The molecule has 0 spiro atoms. The van der Waals surface area contributed by atoms with E-state index in [-0.39, 0.29) is 30.6 Å². The van der Waals surface area contributed by atoms with Crippen molar-refractivity contribution >= 4 is 21.9 Å². The maximum Gasteiger partial charge on any atom is 0.335 e. The van der Waals surface area contributed by atoms with E-state index in [0.29, 0.717) is 25.3 Å².